The molecule has 5 nitrogen and oxygen atoms in total. The fourth-order valence-corrected chi connectivity index (χ4v) is 3.01. The summed E-state index contributed by atoms with van der Waals surface area (Å²) >= 11 is 1.19. The standard InChI is InChI=1S/C15H17F3N2O3S/c1-2-23-12-4-3-10(15(16,17)18)9-11(12)19-13(21)5-6-20-7-8-24-14(20)22/h3-4,9H,2,5-8H2,1H3,(H,19,21). The van der Waals surface area contributed by atoms with E-state index in [0.29, 0.717) is 12.3 Å². The zero-order valence-electron chi connectivity index (χ0n) is 13.0. The van der Waals surface area contributed by atoms with Crippen molar-refractivity contribution in [1.29, 1.82) is 0 Å². The van der Waals surface area contributed by atoms with Crippen LogP contribution in [0.15, 0.2) is 18.2 Å². The number of nitrogens with zero attached hydrogens (tertiary/aromatic N) is 1. The van der Waals surface area contributed by atoms with Crippen LogP contribution in [0.5, 0.6) is 5.75 Å². The zero-order chi connectivity index (χ0) is 17.7. The highest BCUT2D eigenvalue weighted by molar-refractivity contribution is 8.13. The van der Waals surface area contributed by atoms with E-state index in [1.54, 1.807) is 11.8 Å². The van der Waals surface area contributed by atoms with E-state index in [9.17, 15) is 22.8 Å². The predicted octanol–water partition coefficient (Wildman–Crippen LogP) is 3.60. The molecule has 1 heterocycles. The molecule has 0 aliphatic carbocycles. The van der Waals surface area contributed by atoms with Gasteiger partial charge in [0.25, 0.3) is 5.24 Å². The number of thioether (sulfide) groups is 1. The van der Waals surface area contributed by atoms with E-state index >= 15 is 0 Å². The molecule has 9 heteroatoms. The summed E-state index contributed by atoms with van der Waals surface area (Å²) in [5, 5.41) is 2.35. The number of hydrogen-bond donors (Lipinski definition) is 1. The van der Waals surface area contributed by atoms with Crippen LogP contribution in [-0.2, 0) is 11.0 Å². The van der Waals surface area contributed by atoms with Crippen LogP contribution in [0.2, 0.25) is 0 Å². The molecule has 24 heavy (non-hydrogen) atoms. The highest BCUT2D eigenvalue weighted by atomic mass is 32.2. The third-order valence-corrected chi connectivity index (χ3v) is 4.23. The molecule has 0 spiro atoms. The molecule has 1 aliphatic rings. The maximum Gasteiger partial charge on any atom is 0.416 e. The molecular formula is C15H17F3N2O3S. The van der Waals surface area contributed by atoms with Crippen molar-refractivity contribution in [3.8, 4) is 5.75 Å². The first-order chi connectivity index (χ1) is 11.3. The molecule has 132 valence electrons. The number of halogens is 3. The summed E-state index contributed by atoms with van der Waals surface area (Å²) in [6.07, 6.45) is -4.50. The van der Waals surface area contributed by atoms with E-state index in [1.807, 2.05) is 0 Å². The Bertz CT molecular complexity index is 622. The van der Waals surface area contributed by atoms with Gasteiger partial charge >= 0.3 is 6.18 Å². The largest absolute Gasteiger partial charge is 0.492 e. The van der Waals surface area contributed by atoms with Gasteiger partial charge in [0.1, 0.15) is 5.75 Å². The van der Waals surface area contributed by atoms with Gasteiger partial charge < -0.3 is 15.0 Å². The van der Waals surface area contributed by atoms with Crippen molar-refractivity contribution in [2.24, 2.45) is 0 Å². The molecule has 0 aromatic heterocycles. The lowest BCUT2D eigenvalue weighted by molar-refractivity contribution is -0.137. The average Bonchev–Trinajstić information content (AvgIpc) is 2.91. The Morgan fingerprint density at radius 3 is 2.75 bits per heavy atom. The van der Waals surface area contributed by atoms with Gasteiger partial charge in [0.05, 0.1) is 17.9 Å². The normalized spacial score (nSPS) is 14.8. The van der Waals surface area contributed by atoms with Crippen molar-refractivity contribution < 1.29 is 27.5 Å². The highest BCUT2D eigenvalue weighted by Gasteiger charge is 2.31. The van der Waals surface area contributed by atoms with E-state index in [0.717, 1.165) is 12.1 Å². The summed E-state index contributed by atoms with van der Waals surface area (Å²) in [4.78, 5) is 25.0. The summed E-state index contributed by atoms with van der Waals surface area (Å²) in [7, 11) is 0. The number of amides is 2. The van der Waals surface area contributed by atoms with Crippen LogP contribution in [-0.4, -0.2) is 41.5 Å². The van der Waals surface area contributed by atoms with E-state index in [1.165, 1.54) is 17.8 Å². The molecule has 2 amide bonds. The first-order valence-electron chi connectivity index (χ1n) is 7.37. The molecule has 0 bridgehead atoms. The number of benzene rings is 1. The van der Waals surface area contributed by atoms with Crippen LogP contribution < -0.4 is 10.1 Å². The van der Waals surface area contributed by atoms with Gasteiger partial charge in [-0.2, -0.15) is 13.2 Å². The summed E-state index contributed by atoms with van der Waals surface area (Å²) in [5.74, 6) is 0.384. The van der Waals surface area contributed by atoms with Gasteiger partial charge in [-0.3, -0.25) is 9.59 Å². The van der Waals surface area contributed by atoms with Crippen molar-refractivity contribution >= 4 is 28.6 Å². The topological polar surface area (TPSA) is 58.6 Å². The number of ether oxygens (including phenoxy) is 1. The second kappa shape index (κ2) is 7.78. The lowest BCUT2D eigenvalue weighted by atomic mass is 10.1. The predicted molar refractivity (Wildman–Crippen MR) is 85.3 cm³/mol. The van der Waals surface area contributed by atoms with Gasteiger partial charge in [-0.1, -0.05) is 11.8 Å². The fraction of sp³-hybridized carbons (Fsp3) is 0.467. The quantitative estimate of drug-likeness (QED) is 0.840. The Kier molecular flexibility index (Phi) is 5.98. The summed E-state index contributed by atoms with van der Waals surface area (Å²) in [5.41, 5.74) is -0.897. The maximum atomic E-state index is 12.8. The van der Waals surface area contributed by atoms with Crippen LogP contribution >= 0.6 is 11.8 Å². The minimum absolute atomic E-state index is 0.00805. The van der Waals surface area contributed by atoms with E-state index in [4.69, 9.17) is 4.74 Å². The fourth-order valence-electron chi connectivity index (χ4n) is 2.16. The minimum atomic E-state index is -4.51. The van der Waals surface area contributed by atoms with Crippen LogP contribution in [0, 0.1) is 0 Å². The number of nitrogens with one attached hydrogen (secondary N) is 1. The lowest BCUT2D eigenvalue weighted by Crippen LogP contribution is -2.27. The Hall–Kier alpha value is -1.90. The van der Waals surface area contributed by atoms with Gasteiger partial charge in [-0.05, 0) is 25.1 Å². The highest BCUT2D eigenvalue weighted by Crippen LogP contribution is 2.35. The van der Waals surface area contributed by atoms with Crippen molar-refractivity contribution in [1.82, 2.24) is 4.90 Å². The molecule has 1 fully saturated rings. The number of carbonyl (C=O) groups is 2. The summed E-state index contributed by atoms with van der Waals surface area (Å²) in [6, 6.07) is 2.93. The van der Waals surface area contributed by atoms with E-state index in [2.05, 4.69) is 5.32 Å². The molecule has 1 saturated heterocycles. The second-order valence-electron chi connectivity index (χ2n) is 5.04. The molecule has 1 aromatic rings. The Labute approximate surface area is 141 Å². The van der Waals surface area contributed by atoms with Gasteiger partial charge in [0.15, 0.2) is 0 Å². The Morgan fingerprint density at radius 1 is 1.42 bits per heavy atom. The molecule has 1 aromatic carbocycles. The first-order valence-corrected chi connectivity index (χ1v) is 8.35. The second-order valence-corrected chi connectivity index (χ2v) is 6.09. The summed E-state index contributed by atoms with van der Waals surface area (Å²) in [6.45, 7) is 2.76. The molecule has 0 radical (unpaired) electrons. The van der Waals surface area contributed by atoms with E-state index < -0.39 is 17.6 Å². The van der Waals surface area contributed by atoms with Gasteiger partial charge in [0, 0.05) is 25.3 Å². The van der Waals surface area contributed by atoms with Gasteiger partial charge in [-0.15, -0.1) is 0 Å². The number of rotatable bonds is 6. The van der Waals surface area contributed by atoms with Gasteiger partial charge in [-0.25, -0.2) is 0 Å². The Morgan fingerprint density at radius 2 is 2.17 bits per heavy atom. The number of anilines is 1. The molecule has 2 rings (SSSR count). The molecule has 0 saturated carbocycles. The number of carbonyl (C=O) groups excluding carboxylic acids is 2. The van der Waals surface area contributed by atoms with Crippen molar-refractivity contribution in [3.63, 3.8) is 0 Å². The third-order valence-electron chi connectivity index (χ3n) is 3.33. The molecule has 0 atom stereocenters. The van der Waals surface area contributed by atoms with Crippen LogP contribution in [0.3, 0.4) is 0 Å². The maximum absolute atomic E-state index is 12.8. The monoisotopic (exact) mass is 362 g/mol. The molecule has 1 aliphatic heterocycles. The number of alkyl halides is 3. The molecular weight excluding hydrogens is 345 g/mol. The summed E-state index contributed by atoms with van der Waals surface area (Å²) < 4.78 is 43.7. The minimum Gasteiger partial charge on any atom is -0.492 e. The van der Waals surface area contributed by atoms with Crippen molar-refractivity contribution in [2.45, 2.75) is 19.5 Å². The number of hydrogen-bond acceptors (Lipinski definition) is 4. The van der Waals surface area contributed by atoms with Crippen LogP contribution in [0.1, 0.15) is 18.9 Å². The lowest BCUT2D eigenvalue weighted by Gasteiger charge is -2.16. The molecule has 0 unspecified atom stereocenters. The smallest absolute Gasteiger partial charge is 0.416 e. The molecule has 1 N–H and O–H groups in total. The van der Waals surface area contributed by atoms with Crippen molar-refractivity contribution in [2.75, 3.05) is 30.8 Å². The first kappa shape index (κ1) is 18.4. The van der Waals surface area contributed by atoms with Gasteiger partial charge in [0.2, 0.25) is 5.91 Å². The zero-order valence-corrected chi connectivity index (χ0v) is 13.8. The van der Waals surface area contributed by atoms with Crippen LogP contribution in [0.4, 0.5) is 23.7 Å². The van der Waals surface area contributed by atoms with Crippen molar-refractivity contribution in [3.05, 3.63) is 23.8 Å². The Balaban J connectivity index is 2.05. The van der Waals surface area contributed by atoms with Crippen LogP contribution in [0.25, 0.3) is 0 Å². The SMILES string of the molecule is CCOc1ccc(C(F)(F)F)cc1NC(=O)CCN1CCSC1=O. The average molecular weight is 362 g/mol. The van der Waals surface area contributed by atoms with E-state index in [-0.39, 0.29) is 36.2 Å². The third kappa shape index (κ3) is 4.80.